The number of nitrogens with zero attached hydrogens (tertiary/aromatic N) is 3. The zero-order valence-electron chi connectivity index (χ0n) is 16.2. The molecule has 2 aromatic carbocycles. The lowest BCUT2D eigenvalue weighted by Crippen LogP contribution is -2.52. The summed E-state index contributed by atoms with van der Waals surface area (Å²) in [6.07, 6.45) is 2.23. The molecule has 2 fully saturated rings. The van der Waals surface area contributed by atoms with Crippen molar-refractivity contribution in [2.24, 2.45) is 0 Å². The Labute approximate surface area is 165 Å². The molecule has 0 N–H and O–H groups in total. The van der Waals surface area contributed by atoms with E-state index in [-0.39, 0.29) is 18.4 Å². The maximum atomic E-state index is 12.5. The molecule has 0 aliphatic carbocycles. The molecule has 0 atom stereocenters. The minimum atomic E-state index is -0.00122. The second-order valence-electron chi connectivity index (χ2n) is 7.54. The number of hydrogen-bond donors (Lipinski definition) is 0. The van der Waals surface area contributed by atoms with E-state index < -0.39 is 0 Å². The molecule has 4 rings (SSSR count). The Kier molecular flexibility index (Phi) is 5.76. The van der Waals surface area contributed by atoms with Crippen molar-refractivity contribution in [1.82, 2.24) is 14.7 Å². The number of piperazine rings is 1. The van der Waals surface area contributed by atoms with E-state index in [1.807, 2.05) is 46.2 Å². The first-order valence-corrected chi connectivity index (χ1v) is 10.1. The summed E-state index contributed by atoms with van der Waals surface area (Å²) in [6.45, 7) is 5.07. The Balaban J connectivity index is 1.23. The number of carbonyl (C=O) groups is 2. The van der Waals surface area contributed by atoms with Crippen LogP contribution in [-0.2, 0) is 9.59 Å². The van der Waals surface area contributed by atoms with Gasteiger partial charge in [0.2, 0.25) is 5.91 Å². The quantitative estimate of drug-likeness (QED) is 0.795. The van der Waals surface area contributed by atoms with Gasteiger partial charge in [-0.2, -0.15) is 0 Å². The van der Waals surface area contributed by atoms with Crippen LogP contribution in [0, 0.1) is 0 Å². The van der Waals surface area contributed by atoms with Crippen LogP contribution in [-0.4, -0.2) is 78.9 Å². The van der Waals surface area contributed by atoms with Gasteiger partial charge in [-0.15, -0.1) is 0 Å². The van der Waals surface area contributed by atoms with Crippen molar-refractivity contribution in [1.29, 1.82) is 0 Å². The van der Waals surface area contributed by atoms with Crippen molar-refractivity contribution < 1.29 is 14.3 Å². The summed E-state index contributed by atoms with van der Waals surface area (Å²) < 4.78 is 5.72. The molecule has 0 spiro atoms. The second kappa shape index (κ2) is 8.61. The van der Waals surface area contributed by atoms with Gasteiger partial charge in [0, 0.05) is 39.3 Å². The number of ether oxygens (including phenoxy) is 1. The molecule has 6 heteroatoms. The van der Waals surface area contributed by atoms with Crippen LogP contribution in [0.2, 0.25) is 0 Å². The minimum Gasteiger partial charge on any atom is -0.484 e. The zero-order valence-corrected chi connectivity index (χ0v) is 16.2. The molecule has 0 aromatic heterocycles. The molecule has 2 heterocycles. The Morgan fingerprint density at radius 3 is 2.21 bits per heavy atom. The van der Waals surface area contributed by atoms with Crippen LogP contribution in [0.1, 0.15) is 12.8 Å². The van der Waals surface area contributed by atoms with Crippen LogP contribution in [0.25, 0.3) is 10.8 Å². The number of carbonyl (C=O) groups excluding carboxylic acids is 2. The average molecular weight is 381 g/mol. The molecule has 28 heavy (non-hydrogen) atoms. The summed E-state index contributed by atoms with van der Waals surface area (Å²) in [5, 5.41) is 2.25. The van der Waals surface area contributed by atoms with Gasteiger partial charge in [0.25, 0.3) is 5.91 Å². The van der Waals surface area contributed by atoms with Crippen LogP contribution in [0.15, 0.2) is 42.5 Å². The SMILES string of the molecule is O=C(COc1ccc2ccccc2c1)N1CCN(CC(=O)N2CCCC2)CC1. The predicted molar refractivity (Wildman–Crippen MR) is 108 cm³/mol. The van der Waals surface area contributed by atoms with Crippen molar-refractivity contribution in [3.63, 3.8) is 0 Å². The first kappa shape index (κ1) is 18.7. The van der Waals surface area contributed by atoms with E-state index in [1.165, 1.54) is 0 Å². The van der Waals surface area contributed by atoms with Gasteiger partial charge in [-0.25, -0.2) is 0 Å². The molecule has 2 aromatic rings. The van der Waals surface area contributed by atoms with E-state index in [0.717, 1.165) is 49.8 Å². The van der Waals surface area contributed by atoms with Crippen molar-refractivity contribution in [3.05, 3.63) is 42.5 Å². The molecule has 0 radical (unpaired) electrons. The highest BCUT2D eigenvalue weighted by atomic mass is 16.5. The Bertz CT molecular complexity index is 840. The minimum absolute atomic E-state index is 0.00122. The lowest BCUT2D eigenvalue weighted by atomic mass is 10.1. The lowest BCUT2D eigenvalue weighted by Gasteiger charge is -2.35. The fourth-order valence-electron chi connectivity index (χ4n) is 3.91. The molecule has 2 saturated heterocycles. The maximum Gasteiger partial charge on any atom is 0.260 e. The first-order chi connectivity index (χ1) is 13.7. The van der Waals surface area contributed by atoms with E-state index in [1.54, 1.807) is 0 Å². The molecule has 6 nitrogen and oxygen atoms in total. The van der Waals surface area contributed by atoms with Gasteiger partial charge in [-0.3, -0.25) is 14.5 Å². The molecular weight excluding hydrogens is 354 g/mol. The predicted octanol–water partition coefficient (Wildman–Crippen LogP) is 1.99. The third-order valence-corrected chi connectivity index (χ3v) is 5.63. The summed E-state index contributed by atoms with van der Waals surface area (Å²) in [5.41, 5.74) is 0. The van der Waals surface area contributed by atoms with Crippen LogP contribution in [0.3, 0.4) is 0 Å². The molecule has 148 valence electrons. The Hall–Kier alpha value is -2.60. The summed E-state index contributed by atoms with van der Waals surface area (Å²) in [6, 6.07) is 14.0. The molecular formula is C22H27N3O3. The molecule has 2 aliphatic heterocycles. The van der Waals surface area contributed by atoms with Gasteiger partial charge in [-0.05, 0) is 35.7 Å². The van der Waals surface area contributed by atoms with Crippen LogP contribution in [0.5, 0.6) is 5.75 Å². The second-order valence-corrected chi connectivity index (χ2v) is 7.54. The summed E-state index contributed by atoms with van der Waals surface area (Å²) in [5.74, 6) is 0.928. The van der Waals surface area contributed by atoms with Crippen molar-refractivity contribution in [2.45, 2.75) is 12.8 Å². The van der Waals surface area contributed by atoms with E-state index in [2.05, 4.69) is 11.0 Å². The van der Waals surface area contributed by atoms with Crippen LogP contribution < -0.4 is 4.74 Å². The van der Waals surface area contributed by atoms with Gasteiger partial charge in [0.15, 0.2) is 6.61 Å². The normalized spacial score (nSPS) is 17.9. The Morgan fingerprint density at radius 2 is 1.46 bits per heavy atom. The number of amides is 2. The number of hydrogen-bond acceptors (Lipinski definition) is 4. The number of likely N-dealkylation sites (tertiary alicyclic amines) is 1. The van der Waals surface area contributed by atoms with Gasteiger partial charge < -0.3 is 14.5 Å². The van der Waals surface area contributed by atoms with Crippen LogP contribution in [0.4, 0.5) is 0 Å². The largest absolute Gasteiger partial charge is 0.484 e. The van der Waals surface area contributed by atoms with E-state index in [9.17, 15) is 9.59 Å². The zero-order chi connectivity index (χ0) is 19.3. The molecule has 0 bridgehead atoms. The number of rotatable bonds is 5. The maximum absolute atomic E-state index is 12.5. The van der Waals surface area contributed by atoms with E-state index in [0.29, 0.717) is 25.4 Å². The third kappa shape index (κ3) is 4.44. The molecule has 0 saturated carbocycles. The Morgan fingerprint density at radius 1 is 0.786 bits per heavy atom. The highest BCUT2D eigenvalue weighted by Crippen LogP contribution is 2.20. The first-order valence-electron chi connectivity index (χ1n) is 10.1. The van der Waals surface area contributed by atoms with Crippen molar-refractivity contribution >= 4 is 22.6 Å². The van der Waals surface area contributed by atoms with Crippen molar-refractivity contribution in [3.8, 4) is 5.75 Å². The summed E-state index contributed by atoms with van der Waals surface area (Å²) >= 11 is 0. The van der Waals surface area contributed by atoms with E-state index >= 15 is 0 Å². The average Bonchev–Trinajstić information content (AvgIpc) is 3.27. The molecule has 2 amide bonds. The van der Waals surface area contributed by atoms with Gasteiger partial charge >= 0.3 is 0 Å². The number of fused-ring (bicyclic) bond motifs is 1. The summed E-state index contributed by atoms with van der Waals surface area (Å²) in [4.78, 5) is 30.7. The third-order valence-electron chi connectivity index (χ3n) is 5.63. The fourth-order valence-corrected chi connectivity index (χ4v) is 3.91. The standard InChI is InChI=1S/C22H27N3O3/c26-21(24-9-3-4-10-24)16-23-11-13-25(14-12-23)22(27)17-28-20-8-7-18-5-1-2-6-19(18)15-20/h1-2,5-8,15H,3-4,9-14,16-17H2. The molecule has 0 unspecified atom stereocenters. The highest BCUT2D eigenvalue weighted by Gasteiger charge is 2.25. The van der Waals surface area contributed by atoms with Gasteiger partial charge in [0.05, 0.1) is 6.54 Å². The van der Waals surface area contributed by atoms with Crippen molar-refractivity contribution in [2.75, 3.05) is 52.4 Å². The lowest BCUT2D eigenvalue weighted by molar-refractivity contribution is -0.136. The smallest absolute Gasteiger partial charge is 0.260 e. The topological polar surface area (TPSA) is 53.1 Å². The summed E-state index contributed by atoms with van der Waals surface area (Å²) in [7, 11) is 0. The van der Waals surface area contributed by atoms with Gasteiger partial charge in [0.1, 0.15) is 5.75 Å². The van der Waals surface area contributed by atoms with Crippen LogP contribution >= 0.6 is 0 Å². The number of benzene rings is 2. The monoisotopic (exact) mass is 381 g/mol. The fraction of sp³-hybridized carbons (Fsp3) is 0.455. The highest BCUT2D eigenvalue weighted by molar-refractivity contribution is 5.84. The molecule has 2 aliphatic rings. The van der Waals surface area contributed by atoms with Gasteiger partial charge in [-0.1, -0.05) is 30.3 Å². The van der Waals surface area contributed by atoms with E-state index in [4.69, 9.17) is 4.74 Å².